The van der Waals surface area contributed by atoms with E-state index >= 15 is 0 Å². The molecule has 0 saturated heterocycles. The number of hydrogen-bond acceptors (Lipinski definition) is 3. The lowest BCUT2D eigenvalue weighted by molar-refractivity contribution is -0.116. The van der Waals surface area contributed by atoms with Crippen LogP contribution in [-0.4, -0.2) is 27.8 Å². The Kier molecular flexibility index (Phi) is 3.11. The van der Waals surface area contributed by atoms with Crippen LogP contribution in [0.2, 0.25) is 0 Å². The van der Waals surface area contributed by atoms with Crippen LogP contribution in [0.5, 0.6) is 0 Å². The Hall–Kier alpha value is -1.23. The maximum atomic E-state index is 10.9. The fourth-order valence-corrected chi connectivity index (χ4v) is 2.43. The summed E-state index contributed by atoms with van der Waals surface area (Å²) >= 11 is 1.78. The number of amides is 1. The Morgan fingerprint density at radius 1 is 1.80 bits per heavy atom. The first-order valence-corrected chi connectivity index (χ1v) is 5.87. The van der Waals surface area contributed by atoms with Gasteiger partial charge in [-0.2, -0.15) is 0 Å². The maximum Gasteiger partial charge on any atom is 0.243 e. The van der Waals surface area contributed by atoms with Gasteiger partial charge in [0.1, 0.15) is 0 Å². The molecule has 1 aromatic rings. The van der Waals surface area contributed by atoms with E-state index in [0.29, 0.717) is 6.54 Å². The number of carbonyl (C=O) groups excluding carboxylic acids is 1. The lowest BCUT2D eigenvalue weighted by atomic mass is 10.3. The maximum absolute atomic E-state index is 10.9. The van der Waals surface area contributed by atoms with E-state index in [-0.39, 0.29) is 5.91 Å². The molecule has 5 heteroatoms. The highest BCUT2D eigenvalue weighted by molar-refractivity contribution is 7.99. The van der Waals surface area contributed by atoms with Crippen molar-refractivity contribution in [2.24, 2.45) is 0 Å². The molecule has 0 unspecified atom stereocenters. The minimum absolute atomic E-state index is 0.129. The number of imidazole rings is 1. The first kappa shape index (κ1) is 10.3. The van der Waals surface area contributed by atoms with E-state index in [9.17, 15) is 4.79 Å². The van der Waals surface area contributed by atoms with Gasteiger partial charge in [0.25, 0.3) is 0 Å². The molecule has 1 aromatic heterocycles. The van der Waals surface area contributed by atoms with E-state index in [4.69, 9.17) is 0 Å². The predicted octanol–water partition coefficient (Wildman–Crippen LogP) is 0.833. The van der Waals surface area contributed by atoms with Crippen molar-refractivity contribution in [2.45, 2.75) is 18.1 Å². The second kappa shape index (κ2) is 4.53. The number of fused-ring (bicyclic) bond motifs is 1. The summed E-state index contributed by atoms with van der Waals surface area (Å²) in [7, 11) is 0. The molecular formula is C10H13N3OS. The third-order valence-corrected chi connectivity index (χ3v) is 3.19. The molecule has 1 aliphatic heterocycles. The highest BCUT2D eigenvalue weighted by Gasteiger charge is 2.13. The molecule has 2 heterocycles. The summed E-state index contributed by atoms with van der Waals surface area (Å²) in [5.41, 5.74) is 1.04. The van der Waals surface area contributed by atoms with Crippen molar-refractivity contribution < 1.29 is 4.79 Å². The van der Waals surface area contributed by atoms with Crippen LogP contribution in [0.15, 0.2) is 24.0 Å². The number of rotatable bonds is 4. The minimum atomic E-state index is -0.129. The summed E-state index contributed by atoms with van der Waals surface area (Å²) in [6.07, 6.45) is 4.12. The van der Waals surface area contributed by atoms with Crippen molar-refractivity contribution in [1.29, 1.82) is 0 Å². The molecule has 1 aliphatic rings. The number of nitrogens with one attached hydrogen (secondary N) is 1. The van der Waals surface area contributed by atoms with Crippen LogP contribution in [0.3, 0.4) is 0 Å². The second-order valence-corrected chi connectivity index (χ2v) is 4.36. The minimum Gasteiger partial charge on any atom is -0.352 e. The van der Waals surface area contributed by atoms with Gasteiger partial charge in [-0.05, 0) is 6.08 Å². The molecular weight excluding hydrogens is 210 g/mol. The Morgan fingerprint density at radius 2 is 2.67 bits per heavy atom. The predicted molar refractivity (Wildman–Crippen MR) is 59.9 cm³/mol. The Morgan fingerprint density at radius 3 is 3.40 bits per heavy atom. The summed E-state index contributed by atoms with van der Waals surface area (Å²) in [4.78, 5) is 15.3. The van der Waals surface area contributed by atoms with Crippen LogP contribution in [0.25, 0.3) is 0 Å². The normalized spacial score (nSPS) is 13.6. The number of nitrogens with zero attached hydrogens (tertiary/aromatic N) is 2. The van der Waals surface area contributed by atoms with E-state index in [1.165, 1.54) is 6.08 Å². The summed E-state index contributed by atoms with van der Waals surface area (Å²) in [5.74, 6) is 0.992. The van der Waals surface area contributed by atoms with E-state index in [2.05, 4.69) is 27.6 Å². The van der Waals surface area contributed by atoms with E-state index in [1.807, 2.05) is 0 Å². The molecule has 0 atom stereocenters. The SMILES string of the molecule is C=CC(=O)NCCc1cn2c(n1)SCC2. The average molecular weight is 223 g/mol. The van der Waals surface area contributed by atoms with Crippen molar-refractivity contribution in [1.82, 2.24) is 14.9 Å². The van der Waals surface area contributed by atoms with Crippen molar-refractivity contribution in [3.63, 3.8) is 0 Å². The zero-order valence-electron chi connectivity index (χ0n) is 8.40. The van der Waals surface area contributed by atoms with Crippen LogP contribution >= 0.6 is 11.8 Å². The van der Waals surface area contributed by atoms with Gasteiger partial charge in [0.2, 0.25) is 5.91 Å². The highest BCUT2D eigenvalue weighted by Crippen LogP contribution is 2.24. The van der Waals surface area contributed by atoms with Crippen LogP contribution in [0.1, 0.15) is 5.69 Å². The number of aromatic nitrogens is 2. The van der Waals surface area contributed by atoms with Gasteiger partial charge in [0.15, 0.2) is 5.16 Å². The van der Waals surface area contributed by atoms with E-state index in [0.717, 1.165) is 29.6 Å². The highest BCUT2D eigenvalue weighted by atomic mass is 32.2. The molecule has 15 heavy (non-hydrogen) atoms. The zero-order chi connectivity index (χ0) is 10.7. The van der Waals surface area contributed by atoms with Crippen LogP contribution in [0.4, 0.5) is 0 Å². The third-order valence-electron chi connectivity index (χ3n) is 2.22. The van der Waals surface area contributed by atoms with Crippen molar-refractivity contribution in [3.8, 4) is 0 Å². The summed E-state index contributed by atoms with van der Waals surface area (Å²) in [5, 5.41) is 3.83. The van der Waals surface area contributed by atoms with Crippen molar-refractivity contribution >= 4 is 17.7 Å². The molecule has 1 amide bonds. The molecule has 80 valence electrons. The van der Waals surface area contributed by atoms with Gasteiger partial charge in [-0.1, -0.05) is 18.3 Å². The van der Waals surface area contributed by atoms with Gasteiger partial charge < -0.3 is 9.88 Å². The number of thioether (sulfide) groups is 1. The van der Waals surface area contributed by atoms with E-state index < -0.39 is 0 Å². The lowest BCUT2D eigenvalue weighted by Crippen LogP contribution is -2.23. The largest absolute Gasteiger partial charge is 0.352 e. The molecule has 4 nitrogen and oxygen atoms in total. The van der Waals surface area contributed by atoms with Gasteiger partial charge in [-0.25, -0.2) is 4.98 Å². The van der Waals surface area contributed by atoms with Crippen LogP contribution < -0.4 is 5.32 Å². The van der Waals surface area contributed by atoms with Gasteiger partial charge >= 0.3 is 0 Å². The standard InChI is InChI=1S/C10H13N3OS/c1-2-9(14)11-4-3-8-7-13-5-6-15-10(13)12-8/h2,7H,1,3-6H2,(H,11,14). The molecule has 2 rings (SSSR count). The van der Waals surface area contributed by atoms with Crippen molar-refractivity contribution in [3.05, 3.63) is 24.5 Å². The number of carbonyl (C=O) groups is 1. The summed E-state index contributed by atoms with van der Waals surface area (Å²) in [6.45, 7) is 5.06. The number of aryl methyl sites for hydroxylation is 1. The monoisotopic (exact) mass is 223 g/mol. The quantitative estimate of drug-likeness (QED) is 0.769. The molecule has 0 bridgehead atoms. The van der Waals surface area contributed by atoms with Crippen LogP contribution in [0, 0.1) is 0 Å². The summed E-state index contributed by atoms with van der Waals surface area (Å²) < 4.78 is 2.16. The van der Waals surface area contributed by atoms with E-state index in [1.54, 1.807) is 11.8 Å². The fourth-order valence-electron chi connectivity index (χ4n) is 1.47. The first-order chi connectivity index (χ1) is 7.29. The molecule has 0 spiro atoms. The molecule has 0 saturated carbocycles. The first-order valence-electron chi connectivity index (χ1n) is 4.88. The molecule has 0 aromatic carbocycles. The fraction of sp³-hybridized carbons (Fsp3) is 0.400. The van der Waals surface area contributed by atoms with Crippen LogP contribution in [-0.2, 0) is 17.8 Å². The Balaban J connectivity index is 1.84. The smallest absolute Gasteiger partial charge is 0.243 e. The molecule has 0 fully saturated rings. The van der Waals surface area contributed by atoms with Gasteiger partial charge in [0.05, 0.1) is 5.69 Å². The zero-order valence-corrected chi connectivity index (χ0v) is 9.22. The van der Waals surface area contributed by atoms with Gasteiger partial charge in [-0.15, -0.1) is 0 Å². The number of hydrogen-bond donors (Lipinski definition) is 1. The lowest BCUT2D eigenvalue weighted by Gasteiger charge is -1.99. The second-order valence-electron chi connectivity index (χ2n) is 3.30. The van der Waals surface area contributed by atoms with Gasteiger partial charge in [-0.3, -0.25) is 4.79 Å². The molecule has 0 aliphatic carbocycles. The Labute approximate surface area is 92.8 Å². The summed E-state index contributed by atoms with van der Waals surface area (Å²) in [6, 6.07) is 0. The molecule has 0 radical (unpaired) electrons. The average Bonchev–Trinajstić information content (AvgIpc) is 2.77. The van der Waals surface area contributed by atoms with Gasteiger partial charge in [0, 0.05) is 31.5 Å². The Bertz CT molecular complexity index is 365. The molecule has 1 N–H and O–H groups in total. The third kappa shape index (κ3) is 2.41. The van der Waals surface area contributed by atoms with Crippen molar-refractivity contribution in [2.75, 3.05) is 12.3 Å². The topological polar surface area (TPSA) is 46.9 Å².